The number of amides is 4. The van der Waals surface area contributed by atoms with Crippen LogP contribution in [0.5, 0.6) is 0 Å². The fraction of sp³-hybridized carbons (Fsp3) is 0.450. The molecule has 1 saturated carbocycles. The predicted molar refractivity (Wildman–Crippen MR) is 101 cm³/mol. The molecule has 1 aromatic carbocycles. The Morgan fingerprint density at radius 2 is 1.96 bits per heavy atom. The van der Waals surface area contributed by atoms with Crippen LogP contribution in [-0.2, 0) is 16.1 Å². The number of hydrogen-bond acceptors (Lipinski definition) is 3. The summed E-state index contributed by atoms with van der Waals surface area (Å²) in [7, 11) is 0. The van der Waals surface area contributed by atoms with Gasteiger partial charge in [0.2, 0.25) is 0 Å². The minimum Gasteiger partial charge on any atom is -0.335 e. The largest absolute Gasteiger partial charge is 0.344 e. The highest BCUT2D eigenvalue weighted by atomic mass is 16.2. The molecule has 4 rings (SSSR count). The molecule has 2 aromatic rings. The van der Waals surface area contributed by atoms with E-state index >= 15 is 0 Å². The molecule has 7 nitrogen and oxygen atoms in total. The van der Waals surface area contributed by atoms with Crippen molar-refractivity contribution in [3.8, 4) is 0 Å². The van der Waals surface area contributed by atoms with Crippen LogP contribution in [0.1, 0.15) is 38.3 Å². The van der Waals surface area contributed by atoms with Gasteiger partial charge >= 0.3 is 6.03 Å². The van der Waals surface area contributed by atoms with Crippen molar-refractivity contribution < 1.29 is 14.4 Å². The van der Waals surface area contributed by atoms with Gasteiger partial charge in [-0.2, -0.15) is 5.01 Å². The van der Waals surface area contributed by atoms with E-state index in [0.29, 0.717) is 18.8 Å². The van der Waals surface area contributed by atoms with E-state index in [9.17, 15) is 14.4 Å². The summed E-state index contributed by atoms with van der Waals surface area (Å²) in [6, 6.07) is 9.26. The highest BCUT2D eigenvalue weighted by Gasteiger charge is 2.52. The number of para-hydroxylation sites is 1. The van der Waals surface area contributed by atoms with Gasteiger partial charge in [0.05, 0.1) is 0 Å². The first kappa shape index (κ1) is 17.6. The summed E-state index contributed by atoms with van der Waals surface area (Å²) < 4.78 is 1.88. The van der Waals surface area contributed by atoms with Gasteiger partial charge in [0.1, 0.15) is 12.1 Å². The number of aromatic nitrogens is 1. The molecule has 142 valence electrons. The van der Waals surface area contributed by atoms with Gasteiger partial charge < -0.3 is 9.88 Å². The van der Waals surface area contributed by atoms with Crippen LogP contribution >= 0.6 is 0 Å². The molecule has 27 heavy (non-hydrogen) atoms. The number of carbonyl (C=O) groups excluding carboxylic acids is 3. The maximum atomic E-state index is 12.8. The van der Waals surface area contributed by atoms with E-state index in [1.165, 1.54) is 0 Å². The number of urea groups is 1. The van der Waals surface area contributed by atoms with Crippen LogP contribution in [0.2, 0.25) is 0 Å². The van der Waals surface area contributed by atoms with E-state index in [-0.39, 0.29) is 12.5 Å². The number of imide groups is 1. The molecule has 1 aromatic heterocycles. The van der Waals surface area contributed by atoms with Crippen LogP contribution in [0.25, 0.3) is 10.9 Å². The number of nitrogens with zero attached hydrogens (tertiary/aromatic N) is 2. The molecule has 2 fully saturated rings. The van der Waals surface area contributed by atoms with Gasteiger partial charge in [0, 0.05) is 11.2 Å². The molecule has 1 aliphatic heterocycles. The van der Waals surface area contributed by atoms with Crippen molar-refractivity contribution in [3.63, 3.8) is 0 Å². The second kappa shape index (κ2) is 6.40. The average Bonchev–Trinajstić information content (AvgIpc) is 3.07. The van der Waals surface area contributed by atoms with Crippen molar-refractivity contribution in [1.82, 2.24) is 20.3 Å². The van der Waals surface area contributed by atoms with E-state index < -0.39 is 17.5 Å². The highest BCUT2D eigenvalue weighted by molar-refractivity contribution is 6.08. The predicted octanol–water partition coefficient (Wildman–Crippen LogP) is 2.48. The van der Waals surface area contributed by atoms with E-state index in [4.69, 9.17) is 0 Å². The molecule has 0 unspecified atom stereocenters. The number of fused-ring (bicyclic) bond motifs is 1. The first-order chi connectivity index (χ1) is 12.9. The Morgan fingerprint density at radius 1 is 1.26 bits per heavy atom. The van der Waals surface area contributed by atoms with E-state index in [1.54, 1.807) is 0 Å². The number of carbonyl (C=O) groups is 3. The summed E-state index contributed by atoms with van der Waals surface area (Å²) in [6.45, 7) is 4.12. The molecular weight excluding hydrogens is 344 g/mol. The number of rotatable bonds is 3. The molecule has 0 atom stereocenters. The molecule has 1 spiro atoms. The number of nitrogens with one attached hydrogen (secondary N) is 2. The fourth-order valence-corrected chi connectivity index (χ4v) is 4.18. The second-order valence-electron chi connectivity index (χ2n) is 7.80. The lowest BCUT2D eigenvalue weighted by Crippen LogP contribution is -2.52. The minimum absolute atomic E-state index is 0.0421. The minimum atomic E-state index is -0.854. The summed E-state index contributed by atoms with van der Waals surface area (Å²) in [5, 5.41) is 4.72. The topological polar surface area (TPSA) is 83.4 Å². The van der Waals surface area contributed by atoms with Crippen molar-refractivity contribution in [1.29, 1.82) is 0 Å². The van der Waals surface area contributed by atoms with Gasteiger partial charge in [-0.15, -0.1) is 0 Å². The van der Waals surface area contributed by atoms with Crippen molar-refractivity contribution in [2.45, 2.75) is 51.6 Å². The SMILES string of the molecule is Cc1cc2ccccc2n1CC(=O)NN1C(=O)NC2(CCC(C)CC2)C1=O. The lowest BCUT2D eigenvalue weighted by Gasteiger charge is -2.33. The third-order valence-corrected chi connectivity index (χ3v) is 5.85. The summed E-state index contributed by atoms with van der Waals surface area (Å²) in [5.41, 5.74) is 3.54. The van der Waals surface area contributed by atoms with Crippen LogP contribution in [0.3, 0.4) is 0 Å². The lowest BCUT2D eigenvalue weighted by molar-refractivity contribution is -0.140. The number of benzene rings is 1. The second-order valence-corrected chi connectivity index (χ2v) is 7.80. The maximum Gasteiger partial charge on any atom is 0.344 e. The number of hydrazine groups is 1. The van der Waals surface area contributed by atoms with Crippen LogP contribution in [0.15, 0.2) is 30.3 Å². The first-order valence-electron chi connectivity index (χ1n) is 9.41. The Morgan fingerprint density at radius 3 is 2.70 bits per heavy atom. The normalized spacial score (nSPS) is 25.3. The van der Waals surface area contributed by atoms with E-state index in [0.717, 1.165) is 34.4 Å². The molecule has 1 aliphatic carbocycles. The molecule has 2 N–H and O–H groups in total. The Bertz CT molecular complexity index is 924. The molecule has 2 heterocycles. The summed E-state index contributed by atoms with van der Waals surface area (Å²) in [6.07, 6.45) is 3.02. The molecular formula is C20H24N4O3. The van der Waals surface area contributed by atoms with Gasteiger partial charge in [-0.25, -0.2) is 4.79 Å². The molecule has 4 amide bonds. The van der Waals surface area contributed by atoms with Crippen LogP contribution in [0.4, 0.5) is 4.79 Å². The van der Waals surface area contributed by atoms with Crippen LogP contribution < -0.4 is 10.7 Å². The Hall–Kier alpha value is -2.83. The van der Waals surface area contributed by atoms with Gasteiger partial charge in [0.25, 0.3) is 11.8 Å². The van der Waals surface area contributed by atoms with Gasteiger partial charge in [-0.05, 0) is 56.0 Å². The number of hydrogen-bond donors (Lipinski definition) is 2. The van der Waals surface area contributed by atoms with E-state index in [1.807, 2.05) is 41.8 Å². The number of aryl methyl sites for hydroxylation is 1. The zero-order chi connectivity index (χ0) is 19.2. The first-order valence-corrected chi connectivity index (χ1v) is 9.41. The van der Waals surface area contributed by atoms with E-state index in [2.05, 4.69) is 17.7 Å². The van der Waals surface area contributed by atoms with Crippen molar-refractivity contribution in [3.05, 3.63) is 36.0 Å². The molecule has 2 aliphatic rings. The van der Waals surface area contributed by atoms with Gasteiger partial charge in [-0.1, -0.05) is 25.1 Å². The summed E-state index contributed by atoms with van der Waals surface area (Å²) in [5.74, 6) is -0.194. The molecule has 0 bridgehead atoms. The summed E-state index contributed by atoms with van der Waals surface area (Å²) in [4.78, 5) is 37.7. The maximum absolute atomic E-state index is 12.8. The Balaban J connectivity index is 1.49. The Labute approximate surface area is 157 Å². The molecule has 7 heteroatoms. The zero-order valence-electron chi connectivity index (χ0n) is 15.6. The average molecular weight is 368 g/mol. The van der Waals surface area contributed by atoms with Crippen LogP contribution in [-0.4, -0.2) is 33.0 Å². The van der Waals surface area contributed by atoms with Gasteiger partial charge in [0.15, 0.2) is 0 Å². The van der Waals surface area contributed by atoms with Crippen molar-refractivity contribution in [2.75, 3.05) is 0 Å². The van der Waals surface area contributed by atoms with Crippen molar-refractivity contribution >= 4 is 28.7 Å². The van der Waals surface area contributed by atoms with Gasteiger partial charge in [-0.3, -0.25) is 15.0 Å². The summed E-state index contributed by atoms with van der Waals surface area (Å²) >= 11 is 0. The third-order valence-electron chi connectivity index (χ3n) is 5.85. The highest BCUT2D eigenvalue weighted by Crippen LogP contribution is 2.35. The zero-order valence-corrected chi connectivity index (χ0v) is 15.6. The third kappa shape index (κ3) is 2.97. The monoisotopic (exact) mass is 368 g/mol. The van der Waals surface area contributed by atoms with Crippen LogP contribution in [0, 0.1) is 12.8 Å². The lowest BCUT2D eigenvalue weighted by atomic mass is 9.77. The van der Waals surface area contributed by atoms with Crippen molar-refractivity contribution in [2.24, 2.45) is 5.92 Å². The molecule has 0 radical (unpaired) electrons. The Kier molecular flexibility index (Phi) is 4.17. The molecule has 1 saturated heterocycles. The standard InChI is InChI=1S/C20H24N4O3/c1-13-7-9-20(10-8-13)18(26)24(19(27)21-20)22-17(25)12-23-14(2)11-15-5-3-4-6-16(15)23/h3-6,11,13H,7-10,12H2,1-2H3,(H,21,27)(H,22,25). The quantitative estimate of drug-likeness (QED) is 0.817. The fourth-order valence-electron chi connectivity index (χ4n) is 4.18. The smallest absolute Gasteiger partial charge is 0.335 e.